The van der Waals surface area contributed by atoms with E-state index in [-0.39, 0.29) is 5.41 Å². The standard InChI is InChI=1S/C23H24/c1-16-10-13-19(14-11-16)17(2)12-15-20-18(3)23(4,5)22-9-7-6-8-21(20)22/h6-15H,2H2,1,3-5H3/b15-12-. The Labute approximate surface area is 139 Å². The van der Waals surface area contributed by atoms with Crippen LogP contribution in [0.15, 0.2) is 72.8 Å². The Balaban J connectivity index is 1.95. The molecule has 0 aliphatic heterocycles. The number of benzene rings is 2. The highest BCUT2D eigenvalue weighted by atomic mass is 14.4. The summed E-state index contributed by atoms with van der Waals surface area (Å²) in [6, 6.07) is 17.3. The van der Waals surface area contributed by atoms with E-state index in [0.717, 1.165) is 5.57 Å². The van der Waals surface area contributed by atoms with Crippen molar-refractivity contribution < 1.29 is 0 Å². The average molecular weight is 300 g/mol. The lowest BCUT2D eigenvalue weighted by molar-refractivity contribution is 0.639. The quantitative estimate of drug-likeness (QED) is 0.581. The maximum absolute atomic E-state index is 4.22. The van der Waals surface area contributed by atoms with Crippen molar-refractivity contribution in [2.45, 2.75) is 33.1 Å². The lowest BCUT2D eigenvalue weighted by atomic mass is 9.82. The van der Waals surface area contributed by atoms with Crippen molar-refractivity contribution in [3.05, 3.63) is 95.1 Å². The van der Waals surface area contributed by atoms with E-state index < -0.39 is 0 Å². The van der Waals surface area contributed by atoms with Gasteiger partial charge in [-0.25, -0.2) is 0 Å². The Morgan fingerprint density at radius 3 is 2.30 bits per heavy atom. The monoisotopic (exact) mass is 300 g/mol. The van der Waals surface area contributed by atoms with E-state index in [2.05, 4.69) is 95.0 Å². The van der Waals surface area contributed by atoms with Crippen molar-refractivity contribution in [2.75, 3.05) is 0 Å². The summed E-state index contributed by atoms with van der Waals surface area (Å²) in [6.07, 6.45) is 4.37. The first-order chi connectivity index (χ1) is 10.9. The molecule has 2 aromatic rings. The van der Waals surface area contributed by atoms with Gasteiger partial charge < -0.3 is 0 Å². The van der Waals surface area contributed by atoms with Crippen molar-refractivity contribution in [3.8, 4) is 0 Å². The molecule has 0 heteroatoms. The molecule has 0 saturated carbocycles. The van der Waals surface area contributed by atoms with Gasteiger partial charge in [-0.05, 0) is 41.7 Å². The fourth-order valence-corrected chi connectivity index (χ4v) is 3.27. The maximum Gasteiger partial charge on any atom is 0.0118 e. The summed E-state index contributed by atoms with van der Waals surface area (Å²) >= 11 is 0. The Hall–Kier alpha value is -2.34. The van der Waals surface area contributed by atoms with Crippen LogP contribution in [0.1, 0.15) is 43.0 Å². The van der Waals surface area contributed by atoms with Crippen molar-refractivity contribution in [2.24, 2.45) is 0 Å². The summed E-state index contributed by atoms with van der Waals surface area (Å²) in [7, 11) is 0. The molecule has 3 rings (SSSR count). The summed E-state index contributed by atoms with van der Waals surface area (Å²) in [5.41, 5.74) is 9.12. The molecule has 0 radical (unpaired) electrons. The molecular weight excluding hydrogens is 276 g/mol. The zero-order valence-electron chi connectivity index (χ0n) is 14.5. The van der Waals surface area contributed by atoms with Gasteiger partial charge in [-0.3, -0.25) is 0 Å². The first-order valence-electron chi connectivity index (χ1n) is 8.16. The van der Waals surface area contributed by atoms with Gasteiger partial charge in [0.15, 0.2) is 0 Å². The minimum atomic E-state index is 0.0987. The van der Waals surface area contributed by atoms with Gasteiger partial charge in [-0.2, -0.15) is 0 Å². The highest BCUT2D eigenvalue weighted by molar-refractivity contribution is 5.88. The molecule has 0 fully saturated rings. The van der Waals surface area contributed by atoms with Crippen LogP contribution in [0.2, 0.25) is 0 Å². The Kier molecular flexibility index (Phi) is 3.85. The predicted molar refractivity (Wildman–Crippen MR) is 101 cm³/mol. The molecule has 0 nitrogen and oxygen atoms in total. The second kappa shape index (κ2) is 5.70. The highest BCUT2D eigenvalue weighted by Crippen LogP contribution is 2.46. The zero-order chi connectivity index (χ0) is 16.6. The SMILES string of the molecule is C=C(/C=C\C1=C(C)C(C)(C)c2ccccc21)c1ccc(C)cc1. The molecule has 2 aromatic carbocycles. The summed E-state index contributed by atoms with van der Waals surface area (Å²) in [4.78, 5) is 0. The molecule has 116 valence electrons. The Morgan fingerprint density at radius 2 is 1.61 bits per heavy atom. The van der Waals surface area contributed by atoms with Crippen LogP contribution >= 0.6 is 0 Å². The first-order valence-corrected chi connectivity index (χ1v) is 8.16. The second-order valence-corrected chi connectivity index (χ2v) is 6.93. The van der Waals surface area contributed by atoms with Crippen LogP contribution in [0.3, 0.4) is 0 Å². The molecule has 0 N–H and O–H groups in total. The molecule has 0 bridgehead atoms. The molecule has 0 heterocycles. The molecular formula is C23H24. The highest BCUT2D eigenvalue weighted by Gasteiger charge is 2.33. The van der Waals surface area contributed by atoms with Crippen molar-refractivity contribution >= 4 is 11.1 Å². The lowest BCUT2D eigenvalue weighted by Gasteiger charge is -2.21. The number of fused-ring (bicyclic) bond motifs is 1. The molecule has 1 aliphatic carbocycles. The van der Waals surface area contributed by atoms with Crippen LogP contribution < -0.4 is 0 Å². The molecule has 23 heavy (non-hydrogen) atoms. The van der Waals surface area contributed by atoms with Crippen molar-refractivity contribution in [1.82, 2.24) is 0 Å². The van der Waals surface area contributed by atoms with Gasteiger partial charge in [0.2, 0.25) is 0 Å². The van der Waals surface area contributed by atoms with E-state index in [1.165, 1.54) is 33.4 Å². The van der Waals surface area contributed by atoms with E-state index in [1.54, 1.807) is 0 Å². The van der Waals surface area contributed by atoms with Gasteiger partial charge in [0.1, 0.15) is 0 Å². The average Bonchev–Trinajstić information content (AvgIpc) is 2.74. The van der Waals surface area contributed by atoms with Gasteiger partial charge in [0, 0.05) is 5.41 Å². The molecule has 0 amide bonds. The fourth-order valence-electron chi connectivity index (χ4n) is 3.27. The summed E-state index contributed by atoms with van der Waals surface area (Å²) < 4.78 is 0. The molecule has 0 unspecified atom stereocenters. The van der Waals surface area contributed by atoms with Crippen LogP contribution in [0, 0.1) is 6.92 Å². The van der Waals surface area contributed by atoms with Crippen LogP contribution in [0.25, 0.3) is 11.1 Å². The van der Waals surface area contributed by atoms with E-state index >= 15 is 0 Å². The number of allylic oxidation sites excluding steroid dienone is 5. The van der Waals surface area contributed by atoms with E-state index in [4.69, 9.17) is 0 Å². The van der Waals surface area contributed by atoms with Crippen LogP contribution in [0.4, 0.5) is 0 Å². The van der Waals surface area contributed by atoms with E-state index in [0.29, 0.717) is 0 Å². The normalized spacial score (nSPS) is 16.0. The topological polar surface area (TPSA) is 0 Å². The molecule has 0 atom stereocenters. The van der Waals surface area contributed by atoms with Gasteiger partial charge in [-0.15, -0.1) is 0 Å². The van der Waals surface area contributed by atoms with Gasteiger partial charge in [0.25, 0.3) is 0 Å². The first kappa shape index (κ1) is 15.6. The van der Waals surface area contributed by atoms with Crippen LogP contribution in [-0.4, -0.2) is 0 Å². The third kappa shape index (κ3) is 2.70. The summed E-state index contributed by atoms with van der Waals surface area (Å²) in [5.74, 6) is 0. The smallest absolute Gasteiger partial charge is 0.0118 e. The maximum atomic E-state index is 4.22. The van der Waals surface area contributed by atoms with Gasteiger partial charge >= 0.3 is 0 Å². The Bertz CT molecular complexity index is 811. The second-order valence-electron chi connectivity index (χ2n) is 6.93. The molecule has 0 aromatic heterocycles. The molecule has 0 spiro atoms. The lowest BCUT2D eigenvalue weighted by Crippen LogP contribution is -2.15. The minimum absolute atomic E-state index is 0.0987. The van der Waals surface area contributed by atoms with Gasteiger partial charge in [0.05, 0.1) is 0 Å². The molecule has 0 saturated heterocycles. The van der Waals surface area contributed by atoms with E-state index in [1.807, 2.05) is 0 Å². The van der Waals surface area contributed by atoms with Crippen LogP contribution in [0.5, 0.6) is 0 Å². The fraction of sp³-hybridized carbons (Fsp3) is 0.217. The summed E-state index contributed by atoms with van der Waals surface area (Å²) in [6.45, 7) is 13.2. The third-order valence-corrected chi connectivity index (χ3v) is 5.11. The number of hydrogen-bond acceptors (Lipinski definition) is 0. The zero-order valence-corrected chi connectivity index (χ0v) is 14.5. The number of hydrogen-bond donors (Lipinski definition) is 0. The predicted octanol–water partition coefficient (Wildman–Crippen LogP) is 6.33. The third-order valence-electron chi connectivity index (χ3n) is 5.11. The minimum Gasteiger partial charge on any atom is -0.0912 e. The number of aryl methyl sites for hydroxylation is 1. The van der Waals surface area contributed by atoms with Gasteiger partial charge in [-0.1, -0.05) is 92.2 Å². The van der Waals surface area contributed by atoms with Crippen molar-refractivity contribution in [1.29, 1.82) is 0 Å². The Morgan fingerprint density at radius 1 is 0.957 bits per heavy atom. The number of rotatable bonds is 3. The van der Waals surface area contributed by atoms with Crippen molar-refractivity contribution in [3.63, 3.8) is 0 Å². The van der Waals surface area contributed by atoms with Crippen LogP contribution in [-0.2, 0) is 5.41 Å². The summed E-state index contributed by atoms with van der Waals surface area (Å²) in [5, 5.41) is 0. The largest absolute Gasteiger partial charge is 0.0912 e. The molecule has 1 aliphatic rings. The van der Waals surface area contributed by atoms with E-state index in [9.17, 15) is 0 Å².